The molecular formula is C12H19NO. The van der Waals surface area contributed by atoms with Crippen molar-refractivity contribution in [3.8, 4) is 0 Å². The zero-order valence-corrected chi connectivity index (χ0v) is 9.37. The minimum atomic E-state index is -0.0423. The van der Waals surface area contributed by atoms with E-state index in [1.807, 2.05) is 6.92 Å². The van der Waals surface area contributed by atoms with E-state index in [0.717, 1.165) is 5.56 Å². The summed E-state index contributed by atoms with van der Waals surface area (Å²) in [7, 11) is 1.69. The minimum absolute atomic E-state index is 0.0423. The molecule has 78 valence electrons. The average Bonchev–Trinajstić information content (AvgIpc) is 2.20. The quantitative estimate of drug-likeness (QED) is 0.799. The third-order valence-electron chi connectivity index (χ3n) is 2.79. The molecule has 2 heteroatoms. The zero-order chi connectivity index (χ0) is 10.7. The monoisotopic (exact) mass is 193 g/mol. The second kappa shape index (κ2) is 4.58. The number of benzene rings is 1. The van der Waals surface area contributed by atoms with Gasteiger partial charge in [0, 0.05) is 7.11 Å². The lowest BCUT2D eigenvalue weighted by molar-refractivity contribution is 0.0956. The summed E-state index contributed by atoms with van der Waals surface area (Å²) >= 11 is 0. The molecule has 0 bridgehead atoms. The molecule has 2 nitrogen and oxygen atoms in total. The highest BCUT2D eigenvalue weighted by atomic mass is 16.5. The van der Waals surface area contributed by atoms with Gasteiger partial charge in [0.2, 0.25) is 0 Å². The van der Waals surface area contributed by atoms with E-state index in [1.165, 1.54) is 11.1 Å². The summed E-state index contributed by atoms with van der Waals surface area (Å²) in [5.41, 5.74) is 9.76. The van der Waals surface area contributed by atoms with Crippen LogP contribution >= 0.6 is 0 Å². The lowest BCUT2D eigenvalue weighted by Gasteiger charge is -2.19. The largest absolute Gasteiger partial charge is 0.380 e. The van der Waals surface area contributed by atoms with Crippen LogP contribution in [0.2, 0.25) is 0 Å². The van der Waals surface area contributed by atoms with Gasteiger partial charge in [0.05, 0.1) is 12.1 Å². The molecule has 0 heterocycles. The van der Waals surface area contributed by atoms with Crippen LogP contribution in [0.15, 0.2) is 18.2 Å². The molecule has 0 aliphatic carbocycles. The Morgan fingerprint density at radius 1 is 1.21 bits per heavy atom. The fourth-order valence-electron chi connectivity index (χ4n) is 1.39. The van der Waals surface area contributed by atoms with Gasteiger partial charge in [-0.3, -0.25) is 0 Å². The van der Waals surface area contributed by atoms with Crippen molar-refractivity contribution in [2.75, 3.05) is 7.11 Å². The van der Waals surface area contributed by atoms with Crippen molar-refractivity contribution in [2.24, 2.45) is 5.73 Å². The Balaban J connectivity index is 2.91. The SMILES string of the molecule is COC(C)C(N)c1ccc(C)c(C)c1. The maximum absolute atomic E-state index is 6.04. The van der Waals surface area contributed by atoms with Gasteiger partial charge in [0.15, 0.2) is 0 Å². The predicted molar refractivity (Wildman–Crippen MR) is 59.3 cm³/mol. The van der Waals surface area contributed by atoms with Crippen LogP contribution in [0.5, 0.6) is 0 Å². The number of rotatable bonds is 3. The second-order valence-electron chi connectivity index (χ2n) is 3.81. The summed E-state index contributed by atoms with van der Waals surface area (Å²) < 4.78 is 5.21. The van der Waals surface area contributed by atoms with E-state index >= 15 is 0 Å². The molecule has 1 rings (SSSR count). The number of nitrogens with two attached hydrogens (primary N) is 1. The first-order valence-corrected chi connectivity index (χ1v) is 4.91. The van der Waals surface area contributed by atoms with Crippen molar-refractivity contribution in [1.29, 1.82) is 0 Å². The van der Waals surface area contributed by atoms with Crippen molar-refractivity contribution in [3.05, 3.63) is 34.9 Å². The molecule has 1 aromatic rings. The van der Waals surface area contributed by atoms with Crippen molar-refractivity contribution < 1.29 is 4.74 Å². The summed E-state index contributed by atoms with van der Waals surface area (Å²) in [6, 6.07) is 6.27. The van der Waals surface area contributed by atoms with Crippen molar-refractivity contribution in [2.45, 2.75) is 32.9 Å². The Bertz CT molecular complexity index is 309. The minimum Gasteiger partial charge on any atom is -0.380 e. The van der Waals surface area contributed by atoms with Gasteiger partial charge in [-0.05, 0) is 37.5 Å². The maximum atomic E-state index is 6.04. The van der Waals surface area contributed by atoms with E-state index in [0.29, 0.717) is 0 Å². The van der Waals surface area contributed by atoms with Gasteiger partial charge in [-0.1, -0.05) is 18.2 Å². The topological polar surface area (TPSA) is 35.2 Å². The van der Waals surface area contributed by atoms with Gasteiger partial charge < -0.3 is 10.5 Å². The Hall–Kier alpha value is -0.860. The van der Waals surface area contributed by atoms with Gasteiger partial charge >= 0.3 is 0 Å². The summed E-state index contributed by atoms with van der Waals surface area (Å²) in [4.78, 5) is 0. The van der Waals surface area contributed by atoms with Crippen LogP contribution in [0.4, 0.5) is 0 Å². The van der Waals surface area contributed by atoms with Gasteiger partial charge in [0.25, 0.3) is 0 Å². The lowest BCUT2D eigenvalue weighted by atomic mass is 9.99. The van der Waals surface area contributed by atoms with Crippen LogP contribution in [0.1, 0.15) is 29.7 Å². The first-order chi connectivity index (χ1) is 6.56. The standard InChI is InChI=1S/C12H19NO/c1-8-5-6-11(7-9(8)2)12(13)10(3)14-4/h5-7,10,12H,13H2,1-4H3. The van der Waals surface area contributed by atoms with Gasteiger partial charge in [-0.25, -0.2) is 0 Å². The van der Waals surface area contributed by atoms with Crippen LogP contribution in [-0.2, 0) is 4.74 Å². The second-order valence-corrected chi connectivity index (χ2v) is 3.81. The molecule has 2 unspecified atom stereocenters. The molecule has 0 spiro atoms. The highest BCUT2D eigenvalue weighted by molar-refractivity contribution is 5.31. The Kier molecular flexibility index (Phi) is 3.67. The number of aryl methyl sites for hydroxylation is 2. The number of ether oxygens (including phenoxy) is 1. The summed E-state index contributed by atoms with van der Waals surface area (Å²) in [5, 5.41) is 0. The van der Waals surface area contributed by atoms with E-state index in [2.05, 4.69) is 32.0 Å². The molecular weight excluding hydrogens is 174 g/mol. The first-order valence-electron chi connectivity index (χ1n) is 4.91. The zero-order valence-electron chi connectivity index (χ0n) is 9.37. The van der Waals surface area contributed by atoms with Crippen molar-refractivity contribution in [3.63, 3.8) is 0 Å². The number of hydrogen-bond donors (Lipinski definition) is 1. The van der Waals surface area contributed by atoms with E-state index in [4.69, 9.17) is 10.5 Å². The normalized spacial score (nSPS) is 15.2. The van der Waals surface area contributed by atoms with Crippen molar-refractivity contribution >= 4 is 0 Å². The summed E-state index contributed by atoms with van der Waals surface area (Å²) in [5.74, 6) is 0. The fraction of sp³-hybridized carbons (Fsp3) is 0.500. The highest BCUT2D eigenvalue weighted by Crippen LogP contribution is 2.19. The van der Waals surface area contributed by atoms with Gasteiger partial charge in [0.1, 0.15) is 0 Å². The molecule has 2 atom stereocenters. The third kappa shape index (κ3) is 2.34. The smallest absolute Gasteiger partial charge is 0.0735 e. The molecule has 0 fully saturated rings. The summed E-state index contributed by atoms with van der Waals surface area (Å²) in [6.07, 6.45) is 0.0529. The number of methoxy groups -OCH3 is 1. The molecule has 0 aromatic heterocycles. The Morgan fingerprint density at radius 3 is 2.36 bits per heavy atom. The van der Waals surface area contributed by atoms with E-state index < -0.39 is 0 Å². The predicted octanol–water partition coefficient (Wildman–Crippen LogP) is 2.34. The van der Waals surface area contributed by atoms with Crippen LogP contribution in [-0.4, -0.2) is 13.2 Å². The Morgan fingerprint density at radius 2 is 1.86 bits per heavy atom. The van der Waals surface area contributed by atoms with Crippen molar-refractivity contribution in [1.82, 2.24) is 0 Å². The van der Waals surface area contributed by atoms with Crippen LogP contribution < -0.4 is 5.73 Å². The molecule has 0 aliphatic heterocycles. The van der Waals surface area contributed by atoms with E-state index in [-0.39, 0.29) is 12.1 Å². The molecule has 0 saturated heterocycles. The highest BCUT2D eigenvalue weighted by Gasteiger charge is 2.14. The first kappa shape index (κ1) is 11.2. The van der Waals surface area contributed by atoms with E-state index in [1.54, 1.807) is 7.11 Å². The van der Waals surface area contributed by atoms with Crippen LogP contribution in [0, 0.1) is 13.8 Å². The Labute approximate surface area is 86.1 Å². The van der Waals surface area contributed by atoms with Crippen LogP contribution in [0.3, 0.4) is 0 Å². The molecule has 14 heavy (non-hydrogen) atoms. The average molecular weight is 193 g/mol. The third-order valence-corrected chi connectivity index (χ3v) is 2.79. The van der Waals surface area contributed by atoms with Crippen LogP contribution in [0.25, 0.3) is 0 Å². The molecule has 0 radical (unpaired) electrons. The number of hydrogen-bond acceptors (Lipinski definition) is 2. The fourth-order valence-corrected chi connectivity index (χ4v) is 1.39. The summed E-state index contributed by atoms with van der Waals surface area (Å²) in [6.45, 7) is 6.19. The maximum Gasteiger partial charge on any atom is 0.0735 e. The molecule has 0 saturated carbocycles. The molecule has 0 aliphatic rings. The molecule has 1 aromatic carbocycles. The van der Waals surface area contributed by atoms with Gasteiger partial charge in [-0.15, -0.1) is 0 Å². The molecule has 2 N–H and O–H groups in total. The van der Waals surface area contributed by atoms with Gasteiger partial charge in [-0.2, -0.15) is 0 Å². The molecule has 0 amide bonds. The lowest BCUT2D eigenvalue weighted by Crippen LogP contribution is -2.25. The van der Waals surface area contributed by atoms with E-state index in [9.17, 15) is 0 Å².